The van der Waals surface area contributed by atoms with Crippen molar-refractivity contribution in [3.05, 3.63) is 161 Å². The summed E-state index contributed by atoms with van der Waals surface area (Å²) in [5.41, 5.74) is 2.54. The first-order valence-electron chi connectivity index (χ1n) is 18.0. The van der Waals surface area contributed by atoms with Crippen LogP contribution >= 0.6 is 11.6 Å². The van der Waals surface area contributed by atoms with Crippen LogP contribution in [0.25, 0.3) is 55.6 Å². The van der Waals surface area contributed by atoms with Gasteiger partial charge in [-0.2, -0.15) is 0 Å². The Morgan fingerprint density at radius 3 is 1.25 bits per heavy atom. The first kappa shape index (κ1) is 40.5. The van der Waals surface area contributed by atoms with Crippen LogP contribution in [0.2, 0.25) is 5.02 Å². The third-order valence-corrected chi connectivity index (χ3v) is 9.83. The van der Waals surface area contributed by atoms with Gasteiger partial charge in [-0.3, -0.25) is 40.5 Å². The Morgan fingerprint density at radius 2 is 0.841 bits per heavy atom. The van der Waals surface area contributed by atoms with Gasteiger partial charge in [-0.15, -0.1) is 0 Å². The summed E-state index contributed by atoms with van der Waals surface area (Å²) in [4.78, 5) is 44.8. The van der Waals surface area contributed by atoms with Crippen LogP contribution in [0.15, 0.2) is 146 Å². The molecule has 0 spiro atoms. The van der Waals surface area contributed by atoms with Crippen molar-refractivity contribution >= 4 is 47.0 Å². The maximum Gasteiger partial charge on any atom is 0.598 e. The number of hydrogen-bond acceptors (Lipinski definition) is 18. The highest BCUT2D eigenvalue weighted by Gasteiger charge is 2.31. The summed E-state index contributed by atoms with van der Waals surface area (Å²) < 4.78 is 13.3. The van der Waals surface area contributed by atoms with Crippen molar-refractivity contribution in [3.63, 3.8) is 0 Å². The molecule has 0 unspecified atom stereocenters. The molecule has 0 radical (unpaired) electrons. The van der Waals surface area contributed by atoms with E-state index in [2.05, 4.69) is 43.6 Å². The third-order valence-electron chi connectivity index (χ3n) is 9.53. The predicted octanol–water partition coefficient (Wildman–Crippen LogP) is 9.99. The Kier molecular flexibility index (Phi) is 11.0. The summed E-state index contributed by atoms with van der Waals surface area (Å²) in [6, 6.07) is 27.4. The molecule has 0 atom stereocenters. The van der Waals surface area contributed by atoms with Crippen LogP contribution < -0.4 is 9.47 Å². The molecule has 2 heterocycles. The van der Waals surface area contributed by atoms with Crippen molar-refractivity contribution in [2.24, 2.45) is 30.9 Å². The van der Waals surface area contributed by atoms with Gasteiger partial charge in [-0.05, 0) is 94.0 Å². The van der Waals surface area contributed by atoms with Gasteiger partial charge in [-0.1, -0.05) is 27.9 Å². The van der Waals surface area contributed by atoms with Crippen molar-refractivity contribution in [2.45, 2.75) is 0 Å². The molecule has 0 amide bonds. The second-order valence-corrected chi connectivity index (χ2v) is 13.5. The number of nitro groups is 4. The molecule has 2 aliphatic rings. The van der Waals surface area contributed by atoms with E-state index in [1.807, 2.05) is 0 Å². The zero-order valence-corrected chi connectivity index (χ0v) is 32.5. The average molecular weight is 867 g/mol. The molecular weight excluding hydrogens is 844 g/mol. The number of hydrogen-bond donors (Lipinski definition) is 0. The Balaban J connectivity index is 1.52. The number of halogens is 1. The molecular formula is C40H23ClN12O10+2. The summed E-state index contributed by atoms with van der Waals surface area (Å²) >= 11 is 7.20. The quantitative estimate of drug-likeness (QED) is 0.0529. The molecule has 0 N–H and O–H groups in total. The van der Waals surface area contributed by atoms with Gasteiger partial charge >= 0.3 is 12.7 Å². The number of non-ortho nitro benzene ring substituents is 4. The summed E-state index contributed by atoms with van der Waals surface area (Å²) in [6.07, 6.45) is 4.71. The molecule has 6 aromatic rings. The van der Waals surface area contributed by atoms with Crippen LogP contribution in [0, 0.1) is 40.5 Å². The van der Waals surface area contributed by atoms with Crippen LogP contribution in [0.4, 0.5) is 22.7 Å². The molecule has 0 aliphatic carbocycles. The van der Waals surface area contributed by atoms with Crippen LogP contribution in [-0.2, 0) is 0 Å². The Morgan fingerprint density at radius 1 is 0.476 bits per heavy atom. The molecule has 0 saturated heterocycles. The summed E-state index contributed by atoms with van der Waals surface area (Å²) in [6.45, 7) is -0.787. The van der Waals surface area contributed by atoms with E-state index in [0.29, 0.717) is 38.9 Å². The summed E-state index contributed by atoms with van der Waals surface area (Å²) in [5, 5.41) is 72.2. The Labute approximate surface area is 357 Å². The number of ether oxygens (including phenoxy) is 2. The van der Waals surface area contributed by atoms with Gasteiger partial charge in [0.15, 0.2) is 10.2 Å². The number of hydrazone groups is 2. The van der Waals surface area contributed by atoms with Crippen LogP contribution in [0.3, 0.4) is 0 Å². The molecule has 23 heteroatoms. The molecule has 0 aromatic heterocycles. The molecule has 308 valence electrons. The lowest BCUT2D eigenvalue weighted by molar-refractivity contribution is -0.385. The van der Waals surface area contributed by atoms with Crippen molar-refractivity contribution in [2.75, 3.05) is 13.5 Å². The van der Waals surface area contributed by atoms with E-state index in [1.54, 1.807) is 18.2 Å². The van der Waals surface area contributed by atoms with Crippen molar-refractivity contribution in [1.29, 1.82) is 0 Å². The zero-order valence-electron chi connectivity index (χ0n) is 31.7. The number of rotatable bonds is 15. The monoisotopic (exact) mass is 866 g/mol. The van der Waals surface area contributed by atoms with E-state index in [1.165, 1.54) is 97.1 Å². The maximum atomic E-state index is 11.8. The van der Waals surface area contributed by atoms with E-state index >= 15 is 0 Å². The maximum absolute atomic E-state index is 11.8. The molecule has 2 aliphatic heterocycles. The zero-order chi connectivity index (χ0) is 44.2. The van der Waals surface area contributed by atoms with Gasteiger partial charge in [0.2, 0.25) is 13.5 Å². The van der Waals surface area contributed by atoms with Crippen molar-refractivity contribution in [1.82, 2.24) is 10.2 Å². The summed E-state index contributed by atoms with van der Waals surface area (Å²) in [7, 11) is 0. The second kappa shape index (κ2) is 17.2. The number of benzene rings is 6. The van der Waals surface area contributed by atoms with Gasteiger partial charge in [0, 0.05) is 81.2 Å². The minimum atomic E-state index is -0.565. The first-order valence-corrected chi connectivity index (χ1v) is 18.4. The molecule has 0 bridgehead atoms. The molecule has 63 heavy (non-hydrogen) atoms. The van der Waals surface area contributed by atoms with E-state index in [0.717, 1.165) is 10.2 Å². The van der Waals surface area contributed by atoms with Crippen molar-refractivity contribution < 1.29 is 29.2 Å². The normalized spacial score (nSPS) is 12.3. The fourth-order valence-corrected chi connectivity index (χ4v) is 6.99. The van der Waals surface area contributed by atoms with E-state index in [9.17, 15) is 40.5 Å². The lowest BCUT2D eigenvalue weighted by Gasteiger charge is -2.26. The van der Waals surface area contributed by atoms with Gasteiger partial charge in [0.05, 0.1) is 24.7 Å². The lowest BCUT2D eigenvalue weighted by Crippen LogP contribution is -2.17. The molecule has 8 rings (SSSR count). The standard InChI is InChI=1S/C40H23ClN12O10/c41-35-19-34(26-5-13-30(14-6-26)52(58)59)38(40(63-23-49-45-21-43-47-49)36(35)27-7-15-31(16-8-27)53(60)61)37-32(24-1-9-28(10-2-24)50(54)55)17-18-33(25-3-11-29(12-4-25)51(56)57)39(37)62-22-48-44-20-42-46-48/h1-19H,22-23H2/q+2. The van der Waals surface area contributed by atoms with Crippen LogP contribution in [-0.4, -0.2) is 56.1 Å². The molecule has 6 aromatic carbocycles. The van der Waals surface area contributed by atoms with Gasteiger partial charge in [-0.25, -0.2) is 0 Å². The highest BCUT2D eigenvalue weighted by atomic mass is 35.5. The van der Waals surface area contributed by atoms with E-state index in [4.69, 9.17) is 21.1 Å². The van der Waals surface area contributed by atoms with Gasteiger partial charge in [0.1, 0.15) is 21.7 Å². The topological polar surface area (TPSA) is 272 Å². The highest BCUT2D eigenvalue weighted by Crippen LogP contribution is 2.56. The largest absolute Gasteiger partial charge is 0.598 e. The fraction of sp³-hybridized carbons (Fsp3) is 0.0500. The predicted molar refractivity (Wildman–Crippen MR) is 224 cm³/mol. The number of nitro benzene ring substituents is 4. The minimum Gasteiger partial charge on any atom is -0.468 e. The molecule has 0 saturated carbocycles. The van der Waals surface area contributed by atoms with Crippen molar-refractivity contribution in [3.8, 4) is 67.1 Å². The van der Waals surface area contributed by atoms with E-state index in [-0.39, 0.29) is 62.7 Å². The van der Waals surface area contributed by atoms with Crippen LogP contribution in [0.1, 0.15) is 0 Å². The number of nitrogens with zero attached hydrogens (tertiary/aromatic N) is 12. The summed E-state index contributed by atoms with van der Waals surface area (Å²) in [5.74, 6) is 0.109. The van der Waals surface area contributed by atoms with E-state index < -0.39 is 26.4 Å². The van der Waals surface area contributed by atoms with Gasteiger partial charge < -0.3 is 9.47 Å². The Hall–Kier alpha value is -9.23. The third kappa shape index (κ3) is 8.33. The lowest BCUT2D eigenvalue weighted by atomic mass is 9.83. The first-order chi connectivity index (χ1) is 30.5. The highest BCUT2D eigenvalue weighted by molar-refractivity contribution is 6.34. The fourth-order valence-electron chi connectivity index (χ4n) is 6.68. The smallest absolute Gasteiger partial charge is 0.468 e. The van der Waals surface area contributed by atoms with Crippen LogP contribution in [0.5, 0.6) is 11.5 Å². The molecule has 0 fully saturated rings. The SMILES string of the molecule is O=[N+]([O-])c1ccc(-c2ccc(-c3ccc([N+](=O)[O-])cc3)c(-c3c(-c4ccc([N+](=O)[O-])cc4)cc(Cl)c(-c4ccc([N+](=O)[O-])cc4)c3OCN3N=[C+]N=N3)c2OCN2N=[C+]N=N2)cc1. The second-order valence-electron chi connectivity index (χ2n) is 13.1. The molecule has 22 nitrogen and oxygen atoms in total. The Bertz CT molecular complexity index is 2910. The minimum absolute atomic E-state index is 0.0167. The van der Waals surface area contributed by atoms with Gasteiger partial charge in [0.25, 0.3) is 22.7 Å². The average Bonchev–Trinajstić information content (AvgIpc) is 4.03.